The zero-order valence-electron chi connectivity index (χ0n) is 7.91. The topological polar surface area (TPSA) is 46.3 Å². The molecule has 0 spiro atoms. The van der Waals surface area contributed by atoms with Gasteiger partial charge in [-0.25, -0.2) is 0 Å². The molecule has 1 atom stereocenters. The van der Waals surface area contributed by atoms with E-state index in [0.29, 0.717) is 18.0 Å². The predicted octanol–water partition coefficient (Wildman–Crippen LogP) is 2.17. The summed E-state index contributed by atoms with van der Waals surface area (Å²) < 4.78 is 0.817. The van der Waals surface area contributed by atoms with Crippen LogP contribution in [0.2, 0.25) is 5.02 Å². The Hall–Kier alpha value is -0.580. The van der Waals surface area contributed by atoms with Crippen molar-refractivity contribution in [2.45, 2.75) is 12.5 Å². The van der Waals surface area contributed by atoms with Gasteiger partial charge in [-0.05, 0) is 34.1 Å². The van der Waals surface area contributed by atoms with Crippen molar-refractivity contribution in [1.82, 2.24) is 0 Å². The van der Waals surface area contributed by atoms with Gasteiger partial charge in [0, 0.05) is 28.5 Å². The van der Waals surface area contributed by atoms with Gasteiger partial charge in [-0.1, -0.05) is 11.6 Å². The highest BCUT2D eigenvalue weighted by atomic mass is 79.9. The minimum atomic E-state index is -0.0694. The summed E-state index contributed by atoms with van der Waals surface area (Å²) in [7, 11) is 0. The maximum atomic E-state index is 11.6. The van der Waals surface area contributed by atoms with E-state index in [4.69, 9.17) is 17.3 Å². The summed E-state index contributed by atoms with van der Waals surface area (Å²) in [6, 6.07) is 5.29. The smallest absolute Gasteiger partial charge is 0.228 e. The Morgan fingerprint density at radius 1 is 1.53 bits per heavy atom. The molecule has 1 aliphatic rings. The Bertz CT molecular complexity index is 410. The highest BCUT2D eigenvalue weighted by Gasteiger charge is 2.29. The van der Waals surface area contributed by atoms with Gasteiger partial charge >= 0.3 is 0 Å². The molecule has 15 heavy (non-hydrogen) atoms. The van der Waals surface area contributed by atoms with E-state index < -0.39 is 0 Å². The van der Waals surface area contributed by atoms with E-state index in [1.807, 2.05) is 6.07 Å². The van der Waals surface area contributed by atoms with Crippen molar-refractivity contribution in [3.63, 3.8) is 0 Å². The van der Waals surface area contributed by atoms with Crippen LogP contribution in [-0.4, -0.2) is 18.5 Å². The molecule has 1 heterocycles. The molecule has 1 fully saturated rings. The fourth-order valence-electron chi connectivity index (χ4n) is 1.67. The molecule has 5 heteroatoms. The second-order valence-corrected chi connectivity index (χ2v) is 4.86. The number of hydrogen-bond acceptors (Lipinski definition) is 2. The summed E-state index contributed by atoms with van der Waals surface area (Å²) in [5.74, 6) is 0.0607. The van der Waals surface area contributed by atoms with Crippen LogP contribution in [0.1, 0.15) is 6.42 Å². The number of nitrogens with two attached hydrogens (primary N) is 1. The third-order valence-corrected chi connectivity index (χ3v) is 3.23. The Labute approximate surface area is 101 Å². The summed E-state index contributed by atoms with van der Waals surface area (Å²) >= 11 is 9.22. The largest absolute Gasteiger partial charge is 0.326 e. The number of benzene rings is 1. The van der Waals surface area contributed by atoms with Gasteiger partial charge in [-0.2, -0.15) is 0 Å². The quantitative estimate of drug-likeness (QED) is 0.861. The number of halogens is 2. The molecule has 0 saturated carbocycles. The average molecular weight is 290 g/mol. The first-order chi connectivity index (χ1) is 7.08. The lowest BCUT2D eigenvalue weighted by molar-refractivity contribution is -0.117. The molecule has 3 nitrogen and oxygen atoms in total. The molecule has 0 aromatic heterocycles. The third-order valence-electron chi connectivity index (χ3n) is 2.36. The summed E-state index contributed by atoms with van der Waals surface area (Å²) in [5, 5.41) is 0.640. The summed E-state index contributed by atoms with van der Waals surface area (Å²) in [6.07, 6.45) is 0.412. The second kappa shape index (κ2) is 4.12. The molecular formula is C10H10BrClN2O. The highest BCUT2D eigenvalue weighted by Crippen LogP contribution is 2.31. The molecule has 1 aliphatic heterocycles. The van der Waals surface area contributed by atoms with Crippen LogP contribution in [0.15, 0.2) is 22.7 Å². The lowest BCUT2D eigenvalue weighted by atomic mass is 10.3. The number of rotatable bonds is 1. The van der Waals surface area contributed by atoms with Crippen LogP contribution < -0.4 is 10.6 Å². The Morgan fingerprint density at radius 3 is 2.80 bits per heavy atom. The van der Waals surface area contributed by atoms with Crippen molar-refractivity contribution in [2.24, 2.45) is 5.73 Å². The van der Waals surface area contributed by atoms with Gasteiger partial charge in [0.05, 0.1) is 5.69 Å². The van der Waals surface area contributed by atoms with Crippen molar-refractivity contribution < 1.29 is 4.79 Å². The van der Waals surface area contributed by atoms with Crippen LogP contribution in [0.5, 0.6) is 0 Å². The van der Waals surface area contributed by atoms with Crippen molar-refractivity contribution in [2.75, 3.05) is 11.4 Å². The number of amides is 1. The first-order valence-corrected chi connectivity index (χ1v) is 5.76. The molecule has 80 valence electrons. The number of carbonyl (C=O) groups excluding carboxylic acids is 1. The van der Waals surface area contributed by atoms with Gasteiger partial charge in [-0.3, -0.25) is 4.79 Å². The van der Waals surface area contributed by atoms with E-state index in [9.17, 15) is 4.79 Å². The molecule has 1 unspecified atom stereocenters. The van der Waals surface area contributed by atoms with Crippen LogP contribution in [0.25, 0.3) is 0 Å². The normalized spacial score (nSPS) is 21.1. The van der Waals surface area contributed by atoms with Gasteiger partial charge in [0.15, 0.2) is 0 Å². The molecule has 1 saturated heterocycles. The van der Waals surface area contributed by atoms with Crippen LogP contribution in [0, 0.1) is 0 Å². The van der Waals surface area contributed by atoms with E-state index in [0.717, 1.165) is 10.2 Å². The van der Waals surface area contributed by atoms with E-state index in [1.54, 1.807) is 17.0 Å². The monoisotopic (exact) mass is 288 g/mol. The fourth-order valence-corrected chi connectivity index (χ4v) is 2.56. The maximum Gasteiger partial charge on any atom is 0.228 e. The van der Waals surface area contributed by atoms with Crippen molar-refractivity contribution in [3.05, 3.63) is 27.7 Å². The Balaban J connectivity index is 2.34. The fraction of sp³-hybridized carbons (Fsp3) is 0.300. The van der Waals surface area contributed by atoms with Gasteiger partial charge in [0.25, 0.3) is 0 Å². The number of anilines is 1. The van der Waals surface area contributed by atoms with Crippen molar-refractivity contribution in [3.8, 4) is 0 Å². The minimum absolute atomic E-state index is 0.0607. The van der Waals surface area contributed by atoms with Gasteiger partial charge in [0.2, 0.25) is 5.91 Å². The minimum Gasteiger partial charge on any atom is -0.326 e. The van der Waals surface area contributed by atoms with E-state index in [-0.39, 0.29) is 11.9 Å². The first-order valence-electron chi connectivity index (χ1n) is 4.59. The number of carbonyl (C=O) groups is 1. The molecule has 2 N–H and O–H groups in total. The maximum absolute atomic E-state index is 11.6. The lowest BCUT2D eigenvalue weighted by Crippen LogP contribution is -2.28. The summed E-state index contributed by atoms with van der Waals surface area (Å²) in [6.45, 7) is 0.569. The van der Waals surface area contributed by atoms with Gasteiger partial charge < -0.3 is 10.6 Å². The second-order valence-electron chi connectivity index (χ2n) is 3.56. The lowest BCUT2D eigenvalue weighted by Gasteiger charge is -2.17. The van der Waals surface area contributed by atoms with Gasteiger partial charge in [0.1, 0.15) is 0 Å². The molecule has 1 amide bonds. The molecule has 1 aromatic carbocycles. The summed E-state index contributed by atoms with van der Waals surface area (Å²) in [5.41, 5.74) is 6.56. The predicted molar refractivity (Wildman–Crippen MR) is 64.1 cm³/mol. The summed E-state index contributed by atoms with van der Waals surface area (Å²) in [4.78, 5) is 13.3. The zero-order valence-corrected chi connectivity index (χ0v) is 10.3. The Morgan fingerprint density at radius 2 is 2.27 bits per heavy atom. The molecule has 0 aliphatic carbocycles. The number of nitrogens with zero attached hydrogens (tertiary/aromatic N) is 1. The SMILES string of the molecule is NC1CC(=O)N(c2ccc(Cl)cc2Br)C1. The van der Waals surface area contributed by atoms with Crippen molar-refractivity contribution in [1.29, 1.82) is 0 Å². The molecule has 0 bridgehead atoms. The standard InChI is InChI=1S/C10H10BrClN2O/c11-8-3-6(12)1-2-9(8)14-5-7(13)4-10(14)15/h1-3,7H,4-5,13H2. The van der Waals surface area contributed by atoms with Crippen LogP contribution in [0.4, 0.5) is 5.69 Å². The average Bonchev–Trinajstić information content (AvgIpc) is 2.45. The van der Waals surface area contributed by atoms with Gasteiger partial charge in [-0.15, -0.1) is 0 Å². The van der Waals surface area contributed by atoms with E-state index in [1.165, 1.54) is 0 Å². The number of hydrogen-bond donors (Lipinski definition) is 1. The van der Waals surface area contributed by atoms with Crippen molar-refractivity contribution >= 4 is 39.1 Å². The third kappa shape index (κ3) is 2.17. The van der Waals surface area contributed by atoms with E-state index >= 15 is 0 Å². The molecular weight excluding hydrogens is 279 g/mol. The van der Waals surface area contributed by atoms with Crippen LogP contribution in [0.3, 0.4) is 0 Å². The zero-order chi connectivity index (χ0) is 11.0. The molecule has 0 radical (unpaired) electrons. The first kappa shape index (κ1) is 10.9. The molecule has 1 aromatic rings. The van der Waals surface area contributed by atoms with E-state index in [2.05, 4.69) is 15.9 Å². The Kier molecular flexibility index (Phi) is 3.00. The van der Waals surface area contributed by atoms with Crippen LogP contribution in [-0.2, 0) is 4.79 Å². The van der Waals surface area contributed by atoms with Crippen LogP contribution >= 0.6 is 27.5 Å². The highest BCUT2D eigenvalue weighted by molar-refractivity contribution is 9.10. The molecule has 2 rings (SSSR count).